The summed E-state index contributed by atoms with van der Waals surface area (Å²) in [4.78, 5) is 8.52. The monoisotopic (exact) mass is 339 g/mol. The van der Waals surface area contributed by atoms with Crippen molar-refractivity contribution in [2.45, 2.75) is 19.9 Å². The number of anilines is 1. The van der Waals surface area contributed by atoms with Crippen LogP contribution in [0.2, 0.25) is 0 Å². The summed E-state index contributed by atoms with van der Waals surface area (Å²) in [7, 11) is 0. The lowest BCUT2D eigenvalue weighted by Crippen LogP contribution is -2.04. The second kappa shape index (κ2) is 6.09. The van der Waals surface area contributed by atoms with Crippen molar-refractivity contribution in [2.24, 2.45) is 0 Å². The van der Waals surface area contributed by atoms with Gasteiger partial charge in [0.05, 0.1) is 5.39 Å². The van der Waals surface area contributed by atoms with Crippen molar-refractivity contribution in [1.82, 2.24) is 19.7 Å². The number of aromatic nitrogens is 4. The van der Waals surface area contributed by atoms with E-state index in [-0.39, 0.29) is 18.4 Å². The maximum absolute atomic E-state index is 6.12. The highest BCUT2D eigenvalue weighted by Gasteiger charge is 2.18. The molecule has 0 bridgehead atoms. The third-order valence-corrected chi connectivity index (χ3v) is 4.03. The Bertz CT molecular complexity index is 1020. The normalized spacial score (nSPS) is 11.1. The molecule has 0 aliphatic rings. The van der Waals surface area contributed by atoms with Crippen LogP contribution in [0.25, 0.3) is 33.1 Å². The van der Waals surface area contributed by atoms with E-state index in [1.807, 2.05) is 16.8 Å². The number of hydrogen-bond donors (Lipinski definition) is 1. The van der Waals surface area contributed by atoms with E-state index in [2.05, 4.69) is 54.1 Å². The van der Waals surface area contributed by atoms with Crippen LogP contribution in [0, 0.1) is 0 Å². The number of halogens is 1. The van der Waals surface area contributed by atoms with Gasteiger partial charge in [0, 0.05) is 11.6 Å². The summed E-state index contributed by atoms with van der Waals surface area (Å²) in [5.74, 6) is 0.463. The van der Waals surface area contributed by atoms with Crippen LogP contribution in [-0.2, 0) is 0 Å². The van der Waals surface area contributed by atoms with Gasteiger partial charge in [-0.05, 0) is 30.7 Å². The van der Waals surface area contributed by atoms with Gasteiger partial charge in [0.25, 0.3) is 0 Å². The van der Waals surface area contributed by atoms with Crippen LogP contribution in [0.15, 0.2) is 48.8 Å². The predicted octanol–water partition coefficient (Wildman–Crippen LogP) is 4.23. The number of nitrogen functional groups attached to an aromatic ring is 1. The Morgan fingerprint density at radius 2 is 1.75 bits per heavy atom. The van der Waals surface area contributed by atoms with Crippen molar-refractivity contribution in [3.8, 4) is 11.3 Å². The minimum Gasteiger partial charge on any atom is -0.383 e. The molecular formula is C18H18ClN5. The maximum Gasteiger partial charge on any atom is 0.164 e. The van der Waals surface area contributed by atoms with Crippen LogP contribution in [0.1, 0.15) is 19.9 Å². The van der Waals surface area contributed by atoms with Crippen molar-refractivity contribution in [1.29, 1.82) is 0 Å². The minimum atomic E-state index is 0. The van der Waals surface area contributed by atoms with E-state index in [1.54, 1.807) is 0 Å². The first kappa shape index (κ1) is 16.2. The third-order valence-electron chi connectivity index (χ3n) is 4.03. The average Bonchev–Trinajstić information content (AvgIpc) is 2.96. The summed E-state index contributed by atoms with van der Waals surface area (Å²) in [6.07, 6.45) is 1.49. The molecule has 0 aliphatic heterocycles. The lowest BCUT2D eigenvalue weighted by atomic mass is 10.0. The summed E-state index contributed by atoms with van der Waals surface area (Å²) in [5.41, 5.74) is 8.74. The molecule has 0 atom stereocenters. The van der Waals surface area contributed by atoms with Gasteiger partial charge in [-0.25, -0.2) is 14.6 Å². The Balaban J connectivity index is 0.00000169. The Kier molecular flexibility index (Phi) is 4.11. The molecule has 122 valence electrons. The highest BCUT2D eigenvalue weighted by molar-refractivity contribution is 6.00. The van der Waals surface area contributed by atoms with Gasteiger partial charge in [0.15, 0.2) is 5.65 Å². The van der Waals surface area contributed by atoms with Crippen molar-refractivity contribution in [3.05, 3.63) is 48.8 Å². The maximum atomic E-state index is 6.12. The van der Waals surface area contributed by atoms with Crippen LogP contribution in [0.3, 0.4) is 0 Å². The zero-order chi connectivity index (χ0) is 16.0. The molecule has 4 rings (SSSR count). The number of benzene rings is 2. The minimum absolute atomic E-state index is 0. The number of nitrogens with two attached hydrogens (primary N) is 1. The first-order valence-electron chi connectivity index (χ1n) is 7.63. The van der Waals surface area contributed by atoms with Gasteiger partial charge in [0.1, 0.15) is 17.8 Å². The molecule has 0 radical (unpaired) electrons. The fraction of sp³-hybridized carbons (Fsp3) is 0.167. The molecule has 0 saturated heterocycles. The number of fused-ring (bicyclic) bond motifs is 2. The number of hydrogen-bond acceptors (Lipinski definition) is 4. The van der Waals surface area contributed by atoms with E-state index < -0.39 is 0 Å². The molecule has 6 heteroatoms. The van der Waals surface area contributed by atoms with Crippen molar-refractivity contribution < 1.29 is 0 Å². The van der Waals surface area contributed by atoms with Crippen molar-refractivity contribution >= 4 is 40.0 Å². The number of rotatable bonds is 2. The van der Waals surface area contributed by atoms with Gasteiger partial charge in [0.2, 0.25) is 0 Å². The SMILES string of the molecule is CC(C)n1nc(-c2ccc3ccccc3c2)c2c(N)ncnc21.Cl. The summed E-state index contributed by atoms with van der Waals surface area (Å²) < 4.78 is 1.90. The zero-order valence-electron chi connectivity index (χ0n) is 13.5. The molecule has 2 aromatic carbocycles. The molecule has 0 fully saturated rings. The van der Waals surface area contributed by atoms with E-state index in [9.17, 15) is 0 Å². The molecule has 4 aromatic rings. The van der Waals surface area contributed by atoms with Crippen LogP contribution >= 0.6 is 12.4 Å². The van der Waals surface area contributed by atoms with E-state index in [0.29, 0.717) is 5.82 Å². The Hall–Kier alpha value is -2.66. The van der Waals surface area contributed by atoms with Gasteiger partial charge in [-0.2, -0.15) is 5.10 Å². The Morgan fingerprint density at radius 1 is 1.00 bits per heavy atom. The van der Waals surface area contributed by atoms with Gasteiger partial charge < -0.3 is 5.73 Å². The highest BCUT2D eigenvalue weighted by Crippen LogP contribution is 2.32. The molecule has 0 aliphatic carbocycles. The molecule has 0 spiro atoms. The van der Waals surface area contributed by atoms with Crippen LogP contribution < -0.4 is 5.73 Å². The first-order chi connectivity index (χ1) is 11.1. The van der Waals surface area contributed by atoms with Crippen LogP contribution in [0.5, 0.6) is 0 Å². The lowest BCUT2D eigenvalue weighted by molar-refractivity contribution is 0.548. The topological polar surface area (TPSA) is 69.6 Å². The molecule has 24 heavy (non-hydrogen) atoms. The standard InChI is InChI=1S/C18H17N5.ClH/c1-11(2)23-18-15(17(19)20-10-21-18)16(22-23)14-8-7-12-5-3-4-6-13(12)9-14;/h3-11H,1-2H3,(H2,19,20,21);1H. The Morgan fingerprint density at radius 3 is 2.50 bits per heavy atom. The molecule has 0 amide bonds. The predicted molar refractivity (Wildman–Crippen MR) is 100 cm³/mol. The van der Waals surface area contributed by atoms with Crippen molar-refractivity contribution in [3.63, 3.8) is 0 Å². The van der Waals surface area contributed by atoms with E-state index in [1.165, 1.54) is 17.1 Å². The fourth-order valence-electron chi connectivity index (χ4n) is 2.89. The average molecular weight is 340 g/mol. The largest absolute Gasteiger partial charge is 0.383 e. The van der Waals surface area contributed by atoms with E-state index in [4.69, 9.17) is 10.8 Å². The molecule has 2 heterocycles. The fourth-order valence-corrected chi connectivity index (χ4v) is 2.89. The summed E-state index contributed by atoms with van der Waals surface area (Å²) >= 11 is 0. The lowest BCUT2D eigenvalue weighted by Gasteiger charge is -2.05. The summed E-state index contributed by atoms with van der Waals surface area (Å²) in [6.45, 7) is 4.16. The van der Waals surface area contributed by atoms with Gasteiger partial charge in [-0.15, -0.1) is 12.4 Å². The van der Waals surface area contributed by atoms with Crippen LogP contribution in [0.4, 0.5) is 5.82 Å². The molecule has 2 aromatic heterocycles. The molecule has 0 unspecified atom stereocenters. The molecule has 5 nitrogen and oxygen atoms in total. The van der Waals surface area contributed by atoms with Crippen molar-refractivity contribution in [2.75, 3.05) is 5.73 Å². The third kappa shape index (κ3) is 2.47. The molecule has 0 saturated carbocycles. The summed E-state index contributed by atoms with van der Waals surface area (Å²) in [5, 5.41) is 7.95. The molecular weight excluding hydrogens is 322 g/mol. The zero-order valence-corrected chi connectivity index (χ0v) is 14.3. The van der Waals surface area contributed by atoms with Gasteiger partial charge in [-0.1, -0.05) is 36.4 Å². The highest BCUT2D eigenvalue weighted by atomic mass is 35.5. The number of nitrogens with zero attached hydrogens (tertiary/aromatic N) is 4. The van der Waals surface area contributed by atoms with Crippen LogP contribution in [-0.4, -0.2) is 19.7 Å². The van der Waals surface area contributed by atoms with E-state index in [0.717, 1.165) is 22.3 Å². The quantitative estimate of drug-likeness (QED) is 0.593. The molecule has 2 N–H and O–H groups in total. The second-order valence-electron chi connectivity index (χ2n) is 5.91. The first-order valence-corrected chi connectivity index (χ1v) is 7.63. The smallest absolute Gasteiger partial charge is 0.164 e. The van der Waals surface area contributed by atoms with Gasteiger partial charge in [-0.3, -0.25) is 0 Å². The van der Waals surface area contributed by atoms with Gasteiger partial charge >= 0.3 is 0 Å². The van der Waals surface area contributed by atoms with E-state index >= 15 is 0 Å². The second-order valence-corrected chi connectivity index (χ2v) is 5.91. The Labute approximate surface area is 145 Å². The summed E-state index contributed by atoms with van der Waals surface area (Å²) in [6, 6.07) is 14.8.